The minimum atomic E-state index is -0.546. The number of nitriles is 1. The number of para-hydroxylation sites is 1. The highest BCUT2D eigenvalue weighted by Gasteiger charge is 2.36. The topological polar surface area (TPSA) is 123 Å². The van der Waals surface area contributed by atoms with Crippen LogP contribution in [0, 0.1) is 21.4 Å². The molecule has 158 valence electrons. The first-order chi connectivity index (χ1) is 14.9. The number of nitro groups is 1. The van der Waals surface area contributed by atoms with Gasteiger partial charge in [0.15, 0.2) is 18.1 Å². The molecule has 0 aromatic heterocycles. The van der Waals surface area contributed by atoms with Gasteiger partial charge in [-0.3, -0.25) is 24.6 Å². The van der Waals surface area contributed by atoms with Crippen molar-refractivity contribution in [3.05, 3.63) is 68.6 Å². The highest BCUT2D eigenvalue weighted by Crippen LogP contribution is 2.36. The Bertz CT molecular complexity index is 1110. The molecule has 1 aliphatic rings. The molecule has 1 aliphatic heterocycles. The van der Waals surface area contributed by atoms with E-state index in [9.17, 15) is 19.7 Å². The van der Waals surface area contributed by atoms with E-state index in [0.29, 0.717) is 23.7 Å². The summed E-state index contributed by atoms with van der Waals surface area (Å²) in [5, 5.41) is 19.4. The molecule has 1 heterocycles. The van der Waals surface area contributed by atoms with Gasteiger partial charge in [-0.05, 0) is 42.5 Å². The molecule has 0 aliphatic carbocycles. The SMILES string of the molecule is CCOc1cc(/C=C2\SC(=O)N(Cc3ccccc3[N+](=O)[O-])C2=O)ccc1OCC#N. The van der Waals surface area contributed by atoms with Gasteiger partial charge in [0.2, 0.25) is 0 Å². The smallest absolute Gasteiger partial charge is 0.293 e. The second-order valence-corrected chi connectivity index (χ2v) is 7.23. The van der Waals surface area contributed by atoms with E-state index < -0.39 is 16.1 Å². The van der Waals surface area contributed by atoms with Crippen LogP contribution in [0.3, 0.4) is 0 Å². The average molecular weight is 439 g/mol. The van der Waals surface area contributed by atoms with Gasteiger partial charge >= 0.3 is 0 Å². The molecule has 2 aromatic carbocycles. The third-order valence-corrected chi connectivity index (χ3v) is 5.16. The van der Waals surface area contributed by atoms with Gasteiger partial charge in [0, 0.05) is 11.6 Å². The van der Waals surface area contributed by atoms with Crippen LogP contribution in [0.1, 0.15) is 18.1 Å². The van der Waals surface area contributed by atoms with Gasteiger partial charge in [-0.25, -0.2) is 0 Å². The summed E-state index contributed by atoms with van der Waals surface area (Å²) in [4.78, 5) is 37.0. The van der Waals surface area contributed by atoms with Crippen molar-refractivity contribution in [2.24, 2.45) is 0 Å². The van der Waals surface area contributed by atoms with Crippen molar-refractivity contribution < 1.29 is 24.0 Å². The van der Waals surface area contributed by atoms with E-state index in [1.54, 1.807) is 37.3 Å². The van der Waals surface area contributed by atoms with Crippen LogP contribution in [0.2, 0.25) is 0 Å². The first kappa shape index (κ1) is 21.9. The summed E-state index contributed by atoms with van der Waals surface area (Å²) in [6, 6.07) is 12.8. The zero-order valence-corrected chi connectivity index (χ0v) is 17.3. The first-order valence-corrected chi connectivity index (χ1v) is 10.0. The molecule has 10 heteroatoms. The van der Waals surface area contributed by atoms with Gasteiger partial charge in [-0.15, -0.1) is 0 Å². The van der Waals surface area contributed by atoms with Crippen LogP contribution < -0.4 is 9.47 Å². The molecule has 0 N–H and O–H groups in total. The van der Waals surface area contributed by atoms with Gasteiger partial charge in [0.05, 0.1) is 23.0 Å². The van der Waals surface area contributed by atoms with E-state index >= 15 is 0 Å². The molecule has 31 heavy (non-hydrogen) atoms. The Morgan fingerprint density at radius 1 is 1.19 bits per heavy atom. The molecule has 1 fully saturated rings. The van der Waals surface area contributed by atoms with Crippen LogP contribution in [0.4, 0.5) is 10.5 Å². The highest BCUT2D eigenvalue weighted by molar-refractivity contribution is 8.18. The number of carbonyl (C=O) groups excluding carboxylic acids is 2. The van der Waals surface area contributed by atoms with Crippen LogP contribution in [-0.2, 0) is 11.3 Å². The quantitative estimate of drug-likeness (QED) is 0.342. The van der Waals surface area contributed by atoms with Crippen LogP contribution in [0.15, 0.2) is 47.4 Å². The highest BCUT2D eigenvalue weighted by atomic mass is 32.2. The van der Waals surface area contributed by atoms with E-state index in [0.717, 1.165) is 16.7 Å². The number of nitro benzene ring substituents is 1. The minimum Gasteiger partial charge on any atom is -0.490 e. The molecule has 0 saturated carbocycles. The lowest BCUT2D eigenvalue weighted by molar-refractivity contribution is -0.385. The van der Waals surface area contributed by atoms with Crippen LogP contribution in [0.5, 0.6) is 11.5 Å². The van der Waals surface area contributed by atoms with Crippen molar-refractivity contribution in [1.29, 1.82) is 5.26 Å². The average Bonchev–Trinajstić information content (AvgIpc) is 3.01. The van der Waals surface area contributed by atoms with Crippen molar-refractivity contribution in [2.45, 2.75) is 13.5 Å². The largest absolute Gasteiger partial charge is 0.490 e. The fourth-order valence-corrected chi connectivity index (χ4v) is 3.73. The maximum Gasteiger partial charge on any atom is 0.293 e. The molecule has 2 amide bonds. The minimum absolute atomic E-state index is 0.135. The Balaban J connectivity index is 1.84. The third-order valence-electron chi connectivity index (χ3n) is 4.25. The first-order valence-electron chi connectivity index (χ1n) is 9.18. The lowest BCUT2D eigenvalue weighted by atomic mass is 10.1. The predicted molar refractivity (Wildman–Crippen MR) is 113 cm³/mol. The lowest BCUT2D eigenvalue weighted by Gasteiger charge is -2.12. The Morgan fingerprint density at radius 2 is 1.97 bits per heavy atom. The number of imide groups is 1. The summed E-state index contributed by atoms with van der Waals surface area (Å²) < 4.78 is 10.8. The second kappa shape index (κ2) is 9.77. The number of ether oxygens (including phenoxy) is 2. The Hall–Kier alpha value is -3.84. The second-order valence-electron chi connectivity index (χ2n) is 6.24. The van der Waals surface area contributed by atoms with Crippen LogP contribution in [0.25, 0.3) is 6.08 Å². The Kier molecular flexibility index (Phi) is 6.89. The maximum atomic E-state index is 12.8. The Labute approximate surface area is 182 Å². The van der Waals surface area contributed by atoms with Crippen molar-refractivity contribution in [3.8, 4) is 17.6 Å². The standard InChI is InChI=1S/C21H17N3O6S/c1-2-29-18-11-14(7-8-17(18)30-10-9-22)12-19-20(25)23(21(26)31-19)13-15-5-3-4-6-16(15)24(27)28/h3-8,11-12H,2,10,13H2,1H3/b19-12-. The fraction of sp³-hybridized carbons (Fsp3) is 0.190. The maximum absolute atomic E-state index is 12.8. The summed E-state index contributed by atoms with van der Waals surface area (Å²) >= 11 is 0.761. The summed E-state index contributed by atoms with van der Waals surface area (Å²) in [6.07, 6.45) is 1.54. The molecule has 9 nitrogen and oxygen atoms in total. The third kappa shape index (κ3) is 5.02. The van der Waals surface area contributed by atoms with E-state index in [-0.39, 0.29) is 29.3 Å². The molecular formula is C21H17N3O6S. The van der Waals surface area contributed by atoms with Gasteiger partial charge in [0.25, 0.3) is 16.8 Å². The number of amides is 2. The fourth-order valence-electron chi connectivity index (χ4n) is 2.89. The molecule has 0 unspecified atom stereocenters. The number of rotatable bonds is 8. The molecule has 3 rings (SSSR count). The van der Waals surface area contributed by atoms with E-state index in [1.165, 1.54) is 18.2 Å². The lowest BCUT2D eigenvalue weighted by Crippen LogP contribution is -2.27. The van der Waals surface area contributed by atoms with Crippen molar-refractivity contribution in [3.63, 3.8) is 0 Å². The van der Waals surface area contributed by atoms with E-state index in [2.05, 4.69) is 0 Å². The summed E-state index contributed by atoms with van der Waals surface area (Å²) in [7, 11) is 0. The molecule has 2 aromatic rings. The van der Waals surface area contributed by atoms with Crippen LogP contribution in [-0.4, -0.2) is 34.2 Å². The summed E-state index contributed by atoms with van der Waals surface area (Å²) in [6.45, 7) is 1.85. The number of hydrogen-bond acceptors (Lipinski definition) is 8. The van der Waals surface area contributed by atoms with Gasteiger partial charge in [-0.2, -0.15) is 5.26 Å². The van der Waals surface area contributed by atoms with Crippen molar-refractivity contribution in [1.82, 2.24) is 4.90 Å². The van der Waals surface area contributed by atoms with Crippen LogP contribution >= 0.6 is 11.8 Å². The normalized spacial score (nSPS) is 14.6. The predicted octanol–water partition coefficient (Wildman–Crippen LogP) is 4.13. The van der Waals surface area contributed by atoms with E-state index in [1.807, 2.05) is 6.07 Å². The molecule has 0 spiro atoms. The summed E-state index contributed by atoms with van der Waals surface area (Å²) in [5.41, 5.74) is 0.720. The number of carbonyl (C=O) groups is 2. The molecular weight excluding hydrogens is 422 g/mol. The van der Waals surface area contributed by atoms with Gasteiger partial charge < -0.3 is 9.47 Å². The Morgan fingerprint density at radius 3 is 2.68 bits per heavy atom. The number of hydrogen-bond donors (Lipinski definition) is 0. The van der Waals surface area contributed by atoms with Gasteiger partial charge in [0.1, 0.15) is 6.07 Å². The van der Waals surface area contributed by atoms with Crippen molar-refractivity contribution >= 4 is 34.7 Å². The monoisotopic (exact) mass is 439 g/mol. The number of benzene rings is 2. The molecule has 1 saturated heterocycles. The summed E-state index contributed by atoms with van der Waals surface area (Å²) in [5.74, 6) is 0.270. The zero-order chi connectivity index (χ0) is 22.4. The van der Waals surface area contributed by atoms with E-state index in [4.69, 9.17) is 14.7 Å². The zero-order valence-electron chi connectivity index (χ0n) is 16.4. The van der Waals surface area contributed by atoms with Crippen molar-refractivity contribution in [2.75, 3.05) is 13.2 Å². The van der Waals surface area contributed by atoms with Gasteiger partial charge in [-0.1, -0.05) is 24.3 Å². The molecule has 0 bridgehead atoms. The molecule has 0 atom stereocenters. The number of nitrogens with zero attached hydrogens (tertiary/aromatic N) is 3. The number of thioether (sulfide) groups is 1. The molecule has 0 radical (unpaired) electrons.